The Morgan fingerprint density at radius 3 is 2.83 bits per heavy atom. The minimum atomic E-state index is -0.410. The normalized spacial score (nSPS) is 10.2. The zero-order chi connectivity index (χ0) is 13.4. The Morgan fingerprint density at radius 2 is 2.17 bits per heavy atom. The summed E-state index contributed by atoms with van der Waals surface area (Å²) in [5.41, 5.74) is 0.599. The summed E-state index contributed by atoms with van der Waals surface area (Å²) >= 11 is 1.79. The summed E-state index contributed by atoms with van der Waals surface area (Å²) in [7, 11) is 1.60. The summed E-state index contributed by atoms with van der Waals surface area (Å²) in [5, 5.41) is 5.52. The average Bonchev–Trinajstić information content (AvgIpc) is 2.38. The fraction of sp³-hybridized carbons (Fsp3) is 0.462. The van der Waals surface area contributed by atoms with Crippen LogP contribution in [0.25, 0.3) is 0 Å². The number of unbranched alkanes of at least 4 members (excludes halogenated alkanes) is 1. The molecule has 0 heterocycles. The van der Waals surface area contributed by atoms with Crippen LogP contribution in [0.3, 0.4) is 0 Å². The van der Waals surface area contributed by atoms with E-state index in [0.717, 1.165) is 18.6 Å². The number of hydrogen-bond acceptors (Lipinski definition) is 3. The molecule has 2 N–H and O–H groups in total. The van der Waals surface area contributed by atoms with Crippen LogP contribution in [-0.4, -0.2) is 31.5 Å². The molecule has 0 aliphatic rings. The van der Waals surface area contributed by atoms with Crippen molar-refractivity contribution in [1.29, 1.82) is 0 Å². The van der Waals surface area contributed by atoms with Gasteiger partial charge >= 0.3 is 0 Å². The van der Waals surface area contributed by atoms with Gasteiger partial charge in [0.05, 0.1) is 11.3 Å². The minimum Gasteiger partial charge on any atom is -0.385 e. The van der Waals surface area contributed by atoms with E-state index in [1.54, 1.807) is 30.9 Å². The van der Waals surface area contributed by atoms with Crippen LogP contribution < -0.4 is 10.6 Å². The van der Waals surface area contributed by atoms with Crippen LogP contribution >= 0.6 is 11.8 Å². The lowest BCUT2D eigenvalue weighted by atomic mass is 10.1. The fourth-order valence-electron chi connectivity index (χ4n) is 1.64. The van der Waals surface area contributed by atoms with Gasteiger partial charge in [-0.25, -0.2) is 4.39 Å². The Labute approximate surface area is 112 Å². The number of rotatable bonds is 7. The molecule has 0 spiro atoms. The van der Waals surface area contributed by atoms with Crippen molar-refractivity contribution in [2.24, 2.45) is 0 Å². The first-order valence-electron chi connectivity index (χ1n) is 5.94. The second kappa shape index (κ2) is 7.97. The lowest BCUT2D eigenvalue weighted by molar-refractivity contribution is 0.0953. The van der Waals surface area contributed by atoms with Crippen molar-refractivity contribution in [3.05, 3.63) is 29.6 Å². The van der Waals surface area contributed by atoms with Crippen molar-refractivity contribution >= 4 is 23.4 Å². The van der Waals surface area contributed by atoms with Crippen molar-refractivity contribution < 1.29 is 9.18 Å². The number of carbonyl (C=O) groups excluding carboxylic acids is 1. The number of hydrogen-bond donors (Lipinski definition) is 2. The Bertz CT molecular complexity index is 399. The number of benzene rings is 1. The lowest BCUT2D eigenvalue weighted by Gasteiger charge is -2.10. The number of halogens is 1. The highest BCUT2D eigenvalue weighted by Gasteiger charge is 2.13. The van der Waals surface area contributed by atoms with Crippen molar-refractivity contribution in [2.45, 2.75) is 12.8 Å². The smallest absolute Gasteiger partial charge is 0.253 e. The molecule has 0 aliphatic carbocycles. The van der Waals surface area contributed by atoms with Crippen LogP contribution in [0.1, 0.15) is 23.2 Å². The SMILES string of the molecule is CNc1c(F)cccc1C(=O)NCCCCSC. The predicted molar refractivity (Wildman–Crippen MR) is 75.9 cm³/mol. The van der Waals surface area contributed by atoms with E-state index in [0.29, 0.717) is 12.1 Å². The summed E-state index contributed by atoms with van der Waals surface area (Å²) in [6, 6.07) is 4.49. The molecule has 0 aromatic heterocycles. The molecule has 0 unspecified atom stereocenters. The first-order valence-corrected chi connectivity index (χ1v) is 7.33. The molecule has 5 heteroatoms. The summed E-state index contributed by atoms with van der Waals surface area (Å²) in [5.74, 6) is 0.452. The monoisotopic (exact) mass is 270 g/mol. The largest absolute Gasteiger partial charge is 0.385 e. The van der Waals surface area contributed by atoms with E-state index >= 15 is 0 Å². The van der Waals surface area contributed by atoms with Gasteiger partial charge in [-0.3, -0.25) is 4.79 Å². The number of anilines is 1. The van der Waals surface area contributed by atoms with Gasteiger partial charge in [0, 0.05) is 13.6 Å². The van der Waals surface area contributed by atoms with Crippen LogP contribution in [0, 0.1) is 5.82 Å². The van der Waals surface area contributed by atoms with Gasteiger partial charge in [-0.1, -0.05) is 6.07 Å². The summed E-state index contributed by atoms with van der Waals surface area (Å²) in [6.07, 6.45) is 4.07. The maximum absolute atomic E-state index is 13.5. The van der Waals surface area contributed by atoms with Gasteiger partial charge < -0.3 is 10.6 Å². The van der Waals surface area contributed by atoms with E-state index in [4.69, 9.17) is 0 Å². The van der Waals surface area contributed by atoms with Crippen LogP contribution in [-0.2, 0) is 0 Å². The standard InChI is InChI=1S/C13H19FN2OS/c1-15-12-10(6-5-7-11(12)14)13(17)16-8-3-4-9-18-2/h5-7,15H,3-4,8-9H2,1-2H3,(H,16,17). The molecule has 100 valence electrons. The average molecular weight is 270 g/mol. The van der Waals surface area contributed by atoms with E-state index in [1.165, 1.54) is 6.07 Å². The quantitative estimate of drug-likeness (QED) is 0.749. The number of nitrogens with one attached hydrogen (secondary N) is 2. The van der Waals surface area contributed by atoms with Crippen molar-refractivity contribution in [3.63, 3.8) is 0 Å². The third-order valence-electron chi connectivity index (χ3n) is 2.57. The van der Waals surface area contributed by atoms with Crippen LogP contribution in [0.15, 0.2) is 18.2 Å². The molecule has 0 aliphatic heterocycles. The third-order valence-corrected chi connectivity index (χ3v) is 3.27. The van der Waals surface area contributed by atoms with E-state index < -0.39 is 5.82 Å². The van der Waals surface area contributed by atoms with Crippen LogP contribution in [0.2, 0.25) is 0 Å². The van der Waals surface area contributed by atoms with Crippen molar-refractivity contribution in [2.75, 3.05) is 30.9 Å². The maximum Gasteiger partial charge on any atom is 0.253 e. The van der Waals surface area contributed by atoms with Crippen LogP contribution in [0.4, 0.5) is 10.1 Å². The van der Waals surface area contributed by atoms with Gasteiger partial charge in [0.2, 0.25) is 0 Å². The van der Waals surface area contributed by atoms with Gasteiger partial charge in [-0.05, 0) is 37.0 Å². The van der Waals surface area contributed by atoms with Crippen LogP contribution in [0.5, 0.6) is 0 Å². The molecule has 3 nitrogen and oxygen atoms in total. The Balaban J connectivity index is 2.54. The van der Waals surface area contributed by atoms with Gasteiger partial charge in [0.1, 0.15) is 5.82 Å². The highest BCUT2D eigenvalue weighted by molar-refractivity contribution is 7.98. The first kappa shape index (κ1) is 14.8. The Morgan fingerprint density at radius 1 is 1.39 bits per heavy atom. The fourth-order valence-corrected chi connectivity index (χ4v) is 2.13. The van der Waals surface area contributed by atoms with E-state index in [-0.39, 0.29) is 11.6 Å². The first-order chi connectivity index (χ1) is 8.70. The van der Waals surface area contributed by atoms with E-state index in [9.17, 15) is 9.18 Å². The molecule has 0 bridgehead atoms. The van der Waals surface area contributed by atoms with Crippen molar-refractivity contribution in [1.82, 2.24) is 5.32 Å². The lowest BCUT2D eigenvalue weighted by Crippen LogP contribution is -2.25. The van der Waals surface area contributed by atoms with E-state index in [2.05, 4.69) is 16.9 Å². The molecule has 1 amide bonds. The number of carbonyl (C=O) groups is 1. The Kier molecular flexibility index (Phi) is 6.57. The summed E-state index contributed by atoms with van der Waals surface area (Å²) in [6.45, 7) is 0.624. The minimum absolute atomic E-state index is 0.233. The highest BCUT2D eigenvalue weighted by atomic mass is 32.2. The Hall–Kier alpha value is -1.23. The summed E-state index contributed by atoms with van der Waals surface area (Å²) in [4.78, 5) is 11.9. The molecule has 0 saturated heterocycles. The molecule has 0 radical (unpaired) electrons. The second-order valence-corrected chi connectivity index (χ2v) is 4.85. The molecule has 0 fully saturated rings. The number of thioether (sulfide) groups is 1. The number of amides is 1. The van der Waals surface area contributed by atoms with Crippen molar-refractivity contribution in [3.8, 4) is 0 Å². The molecule has 0 saturated carbocycles. The molecule has 1 aromatic rings. The molecule has 0 atom stereocenters. The zero-order valence-electron chi connectivity index (χ0n) is 10.8. The topological polar surface area (TPSA) is 41.1 Å². The highest BCUT2D eigenvalue weighted by Crippen LogP contribution is 2.18. The van der Waals surface area contributed by atoms with E-state index in [1.807, 2.05) is 0 Å². The zero-order valence-corrected chi connectivity index (χ0v) is 11.6. The number of para-hydroxylation sites is 1. The molecule has 1 aromatic carbocycles. The molecule has 1 rings (SSSR count). The summed E-state index contributed by atoms with van der Waals surface area (Å²) < 4.78 is 13.5. The van der Waals surface area contributed by atoms with Gasteiger partial charge in [-0.2, -0.15) is 11.8 Å². The predicted octanol–water partition coefficient (Wildman–Crippen LogP) is 2.74. The maximum atomic E-state index is 13.5. The third kappa shape index (κ3) is 4.22. The van der Waals surface area contributed by atoms with Gasteiger partial charge in [0.15, 0.2) is 0 Å². The molecular formula is C13H19FN2OS. The molecular weight excluding hydrogens is 251 g/mol. The van der Waals surface area contributed by atoms with Gasteiger partial charge in [0.25, 0.3) is 5.91 Å². The second-order valence-electron chi connectivity index (χ2n) is 3.87. The van der Waals surface area contributed by atoms with Gasteiger partial charge in [-0.15, -0.1) is 0 Å². The molecule has 18 heavy (non-hydrogen) atoms.